The quantitative estimate of drug-likeness (QED) is 0.515. The Kier molecular flexibility index (Phi) is 4.45. The zero-order chi connectivity index (χ0) is 19.7. The van der Waals surface area contributed by atoms with E-state index in [2.05, 4.69) is 0 Å². The molecule has 28 heavy (non-hydrogen) atoms. The second-order valence-electron chi connectivity index (χ2n) is 6.17. The Balaban J connectivity index is 2.03. The van der Waals surface area contributed by atoms with Crippen molar-refractivity contribution in [2.24, 2.45) is 0 Å². The number of hydrogen-bond donors (Lipinski definition) is 0. The number of nitrogens with zero attached hydrogens (tertiary/aromatic N) is 2. The Hall–Kier alpha value is -3.80. The van der Waals surface area contributed by atoms with Gasteiger partial charge in [-0.05, 0) is 60.7 Å². The van der Waals surface area contributed by atoms with Crippen molar-refractivity contribution in [2.45, 2.75) is 0 Å². The lowest BCUT2D eigenvalue weighted by molar-refractivity contribution is 0.414. The Morgan fingerprint density at radius 1 is 0.571 bits per heavy atom. The molecule has 0 fully saturated rings. The Bertz CT molecular complexity index is 1150. The highest BCUT2D eigenvalue weighted by molar-refractivity contribution is 5.79. The molecule has 6 nitrogen and oxygen atoms in total. The SMILES string of the molecule is COc1ccc(-n2c(=O)c(=O)n(-c3ccc(OC)cc3)c3ccccc32)cc1. The van der Waals surface area contributed by atoms with Crippen molar-refractivity contribution in [3.63, 3.8) is 0 Å². The minimum atomic E-state index is -0.625. The fourth-order valence-corrected chi connectivity index (χ4v) is 3.23. The molecule has 3 aromatic carbocycles. The number of para-hydroxylation sites is 2. The molecule has 0 aliphatic carbocycles. The highest BCUT2D eigenvalue weighted by Gasteiger charge is 2.15. The number of hydrogen-bond acceptors (Lipinski definition) is 4. The predicted molar refractivity (Wildman–Crippen MR) is 108 cm³/mol. The van der Waals surface area contributed by atoms with E-state index < -0.39 is 11.1 Å². The van der Waals surface area contributed by atoms with E-state index >= 15 is 0 Å². The molecular weight excluding hydrogens is 356 g/mol. The fraction of sp³-hybridized carbons (Fsp3) is 0.0909. The van der Waals surface area contributed by atoms with Crippen LogP contribution in [0.25, 0.3) is 22.4 Å². The lowest BCUT2D eigenvalue weighted by Gasteiger charge is -2.15. The third kappa shape index (κ3) is 2.85. The van der Waals surface area contributed by atoms with E-state index in [-0.39, 0.29) is 0 Å². The average molecular weight is 374 g/mol. The van der Waals surface area contributed by atoms with Crippen molar-refractivity contribution in [3.05, 3.63) is 93.5 Å². The van der Waals surface area contributed by atoms with Gasteiger partial charge in [-0.25, -0.2) is 0 Å². The standard InChI is InChI=1S/C22H18N2O4/c1-27-17-11-7-15(8-12-17)23-19-5-3-4-6-20(19)24(22(26)21(23)25)16-9-13-18(28-2)14-10-16/h3-14H,1-2H3. The van der Waals surface area contributed by atoms with E-state index in [1.54, 1.807) is 62.8 Å². The maximum absolute atomic E-state index is 13.0. The smallest absolute Gasteiger partial charge is 0.321 e. The van der Waals surface area contributed by atoms with E-state index in [0.29, 0.717) is 33.9 Å². The van der Waals surface area contributed by atoms with E-state index in [4.69, 9.17) is 9.47 Å². The number of aromatic nitrogens is 2. The molecule has 1 aromatic heterocycles. The highest BCUT2D eigenvalue weighted by Crippen LogP contribution is 2.21. The molecule has 4 rings (SSSR count). The average Bonchev–Trinajstić information content (AvgIpc) is 2.75. The maximum Gasteiger partial charge on any atom is 0.321 e. The van der Waals surface area contributed by atoms with Gasteiger partial charge in [0, 0.05) is 11.4 Å². The fourth-order valence-electron chi connectivity index (χ4n) is 3.23. The van der Waals surface area contributed by atoms with E-state index in [1.807, 2.05) is 24.3 Å². The molecule has 1 heterocycles. The molecule has 4 aromatic rings. The van der Waals surface area contributed by atoms with Crippen LogP contribution in [0.2, 0.25) is 0 Å². The number of fused-ring (bicyclic) bond motifs is 1. The van der Waals surface area contributed by atoms with Gasteiger partial charge in [-0.15, -0.1) is 0 Å². The number of ether oxygens (including phenoxy) is 2. The van der Waals surface area contributed by atoms with Crippen molar-refractivity contribution in [2.75, 3.05) is 14.2 Å². The molecule has 140 valence electrons. The summed E-state index contributed by atoms with van der Waals surface area (Å²) in [6.45, 7) is 0. The highest BCUT2D eigenvalue weighted by atomic mass is 16.5. The van der Waals surface area contributed by atoms with Crippen LogP contribution in [0, 0.1) is 0 Å². The van der Waals surface area contributed by atoms with Crippen LogP contribution in [-0.2, 0) is 0 Å². The molecule has 0 saturated heterocycles. The molecule has 0 saturated carbocycles. The Morgan fingerprint density at radius 3 is 1.25 bits per heavy atom. The Morgan fingerprint density at radius 2 is 0.929 bits per heavy atom. The van der Waals surface area contributed by atoms with Gasteiger partial charge in [0.05, 0.1) is 25.3 Å². The van der Waals surface area contributed by atoms with Crippen LogP contribution in [0.15, 0.2) is 82.4 Å². The van der Waals surface area contributed by atoms with Crippen molar-refractivity contribution < 1.29 is 9.47 Å². The summed E-state index contributed by atoms with van der Waals surface area (Å²) in [7, 11) is 3.15. The molecule has 0 radical (unpaired) electrons. The summed E-state index contributed by atoms with van der Waals surface area (Å²) in [4.78, 5) is 26.1. The number of benzene rings is 3. The zero-order valence-corrected chi connectivity index (χ0v) is 15.5. The molecule has 0 atom stereocenters. The first-order chi connectivity index (χ1) is 13.6. The lowest BCUT2D eigenvalue weighted by Crippen LogP contribution is -2.40. The van der Waals surface area contributed by atoms with Gasteiger partial charge in [-0.1, -0.05) is 12.1 Å². The third-order valence-electron chi connectivity index (χ3n) is 4.61. The summed E-state index contributed by atoms with van der Waals surface area (Å²) in [6, 6.07) is 21.4. The van der Waals surface area contributed by atoms with Crippen LogP contribution in [0.4, 0.5) is 0 Å². The summed E-state index contributed by atoms with van der Waals surface area (Å²) in [6.07, 6.45) is 0. The third-order valence-corrected chi connectivity index (χ3v) is 4.61. The van der Waals surface area contributed by atoms with Crippen molar-refractivity contribution >= 4 is 11.0 Å². The molecule has 0 aliphatic heterocycles. The first-order valence-electron chi connectivity index (χ1n) is 8.69. The molecule has 6 heteroatoms. The summed E-state index contributed by atoms with van der Waals surface area (Å²) >= 11 is 0. The van der Waals surface area contributed by atoms with Crippen LogP contribution in [0.5, 0.6) is 11.5 Å². The van der Waals surface area contributed by atoms with Crippen molar-refractivity contribution in [1.82, 2.24) is 9.13 Å². The number of methoxy groups -OCH3 is 2. The van der Waals surface area contributed by atoms with Gasteiger partial charge in [0.1, 0.15) is 11.5 Å². The molecule has 0 bridgehead atoms. The van der Waals surface area contributed by atoms with Crippen LogP contribution < -0.4 is 20.6 Å². The molecular formula is C22H18N2O4. The molecule has 0 amide bonds. The molecule has 0 aliphatic rings. The van der Waals surface area contributed by atoms with E-state index in [1.165, 1.54) is 9.13 Å². The molecule has 0 unspecified atom stereocenters. The molecule has 0 N–H and O–H groups in total. The van der Waals surface area contributed by atoms with Crippen molar-refractivity contribution in [1.29, 1.82) is 0 Å². The minimum absolute atomic E-state index is 0.598. The summed E-state index contributed by atoms with van der Waals surface area (Å²) in [5.74, 6) is 1.35. The first kappa shape index (κ1) is 17.6. The van der Waals surface area contributed by atoms with Gasteiger partial charge in [-0.3, -0.25) is 18.7 Å². The van der Waals surface area contributed by atoms with Crippen LogP contribution >= 0.6 is 0 Å². The largest absolute Gasteiger partial charge is 0.497 e. The van der Waals surface area contributed by atoms with E-state index in [9.17, 15) is 9.59 Å². The first-order valence-corrected chi connectivity index (χ1v) is 8.69. The number of rotatable bonds is 4. The second-order valence-corrected chi connectivity index (χ2v) is 6.17. The van der Waals surface area contributed by atoms with Crippen LogP contribution in [0.3, 0.4) is 0 Å². The normalized spacial score (nSPS) is 10.8. The monoisotopic (exact) mass is 374 g/mol. The van der Waals surface area contributed by atoms with Gasteiger partial charge in [0.25, 0.3) is 0 Å². The zero-order valence-electron chi connectivity index (χ0n) is 15.5. The summed E-state index contributed by atoms with van der Waals surface area (Å²) in [5, 5.41) is 0. The topological polar surface area (TPSA) is 62.5 Å². The van der Waals surface area contributed by atoms with Gasteiger partial charge in [0.2, 0.25) is 0 Å². The predicted octanol–water partition coefficient (Wildman–Crippen LogP) is 3.16. The van der Waals surface area contributed by atoms with Gasteiger partial charge >= 0.3 is 11.1 Å². The summed E-state index contributed by atoms with van der Waals surface area (Å²) in [5.41, 5.74) is 1.21. The minimum Gasteiger partial charge on any atom is -0.497 e. The van der Waals surface area contributed by atoms with Gasteiger partial charge < -0.3 is 9.47 Å². The second kappa shape index (κ2) is 7.08. The maximum atomic E-state index is 13.0. The van der Waals surface area contributed by atoms with Gasteiger partial charge in [-0.2, -0.15) is 0 Å². The van der Waals surface area contributed by atoms with Gasteiger partial charge in [0.15, 0.2) is 0 Å². The van der Waals surface area contributed by atoms with Crippen LogP contribution in [0.1, 0.15) is 0 Å². The summed E-state index contributed by atoms with van der Waals surface area (Å²) < 4.78 is 13.2. The lowest BCUT2D eigenvalue weighted by atomic mass is 10.2. The van der Waals surface area contributed by atoms with Crippen molar-refractivity contribution in [3.8, 4) is 22.9 Å². The Labute approximate surface area is 160 Å². The van der Waals surface area contributed by atoms with E-state index in [0.717, 1.165) is 0 Å². The van der Waals surface area contributed by atoms with Crippen LogP contribution in [-0.4, -0.2) is 23.4 Å². The molecule has 0 spiro atoms.